The molecule has 0 atom stereocenters. The van der Waals surface area contributed by atoms with Gasteiger partial charge in [0, 0.05) is 29.7 Å². The van der Waals surface area contributed by atoms with Gasteiger partial charge in [-0.25, -0.2) is 0 Å². The zero-order valence-corrected chi connectivity index (χ0v) is 11.9. The summed E-state index contributed by atoms with van der Waals surface area (Å²) >= 11 is 3.35. The molecule has 0 unspecified atom stereocenters. The van der Waals surface area contributed by atoms with Gasteiger partial charge in [-0.3, -0.25) is 9.78 Å². The summed E-state index contributed by atoms with van der Waals surface area (Å²) in [5.41, 5.74) is 1.01. The molecule has 2 rings (SSSR count). The second-order valence-corrected chi connectivity index (χ2v) is 5.51. The number of carbonyl (C=O) groups excluding carboxylic acids is 1. The van der Waals surface area contributed by atoms with Gasteiger partial charge in [-0.05, 0) is 53.9 Å². The molecule has 0 radical (unpaired) electrons. The summed E-state index contributed by atoms with van der Waals surface area (Å²) < 4.78 is 0.989. The first kappa shape index (κ1) is 13.5. The van der Waals surface area contributed by atoms with Gasteiger partial charge in [0.15, 0.2) is 0 Å². The van der Waals surface area contributed by atoms with E-state index in [0.717, 1.165) is 42.5 Å². The van der Waals surface area contributed by atoms with Crippen molar-refractivity contribution < 1.29 is 4.79 Å². The molecule has 1 heterocycles. The molecule has 1 amide bonds. The molecule has 4 nitrogen and oxygen atoms in total. The summed E-state index contributed by atoms with van der Waals surface area (Å²) in [6.07, 6.45) is 5.57. The van der Waals surface area contributed by atoms with Gasteiger partial charge in [-0.1, -0.05) is 0 Å². The zero-order valence-electron chi connectivity index (χ0n) is 10.3. The monoisotopic (exact) mass is 311 g/mol. The van der Waals surface area contributed by atoms with Crippen molar-refractivity contribution >= 4 is 21.8 Å². The molecule has 1 aromatic rings. The van der Waals surface area contributed by atoms with Crippen LogP contribution in [0.25, 0.3) is 0 Å². The molecule has 1 aromatic heterocycles. The average molecular weight is 312 g/mol. The number of pyridine rings is 1. The lowest BCUT2D eigenvalue weighted by atomic mass is 10.3. The maximum absolute atomic E-state index is 11.4. The second-order valence-electron chi connectivity index (χ2n) is 4.59. The summed E-state index contributed by atoms with van der Waals surface area (Å²) in [5.74, 6) is 0.182. The van der Waals surface area contributed by atoms with Gasteiger partial charge >= 0.3 is 0 Å². The fraction of sp³-hybridized carbons (Fsp3) is 0.538. The molecule has 2 N–H and O–H groups in total. The van der Waals surface area contributed by atoms with Crippen molar-refractivity contribution in [3.63, 3.8) is 0 Å². The van der Waals surface area contributed by atoms with Crippen LogP contribution < -0.4 is 10.6 Å². The predicted octanol–water partition coefficient (Wildman–Crippen LogP) is 1.99. The lowest BCUT2D eigenvalue weighted by Gasteiger charge is -2.05. The third kappa shape index (κ3) is 5.14. The third-order valence-corrected chi connectivity index (χ3v) is 3.26. The molecule has 98 valence electrons. The van der Waals surface area contributed by atoms with Crippen molar-refractivity contribution in [2.75, 3.05) is 6.54 Å². The normalized spacial score (nSPS) is 14.5. The van der Waals surface area contributed by atoms with E-state index in [1.165, 1.54) is 0 Å². The van der Waals surface area contributed by atoms with E-state index in [0.29, 0.717) is 12.5 Å². The molecule has 1 aliphatic rings. The lowest BCUT2D eigenvalue weighted by Crippen LogP contribution is -2.26. The molecule has 0 aliphatic heterocycles. The van der Waals surface area contributed by atoms with E-state index < -0.39 is 0 Å². The van der Waals surface area contributed by atoms with Crippen molar-refractivity contribution in [3.8, 4) is 0 Å². The number of nitrogens with zero attached hydrogens (tertiary/aromatic N) is 1. The van der Waals surface area contributed by atoms with Crippen molar-refractivity contribution in [3.05, 3.63) is 28.5 Å². The number of nitrogens with one attached hydrogen (secondary N) is 2. The minimum Gasteiger partial charge on any atom is -0.353 e. The SMILES string of the molecule is O=C(CCCNCc1ccc(Br)cn1)NC1CC1. The van der Waals surface area contributed by atoms with E-state index in [1.54, 1.807) is 6.20 Å². The van der Waals surface area contributed by atoms with Gasteiger partial charge in [0.05, 0.1) is 5.69 Å². The molecule has 18 heavy (non-hydrogen) atoms. The first-order valence-corrected chi connectivity index (χ1v) is 7.14. The fourth-order valence-corrected chi connectivity index (χ4v) is 1.86. The molecule has 1 saturated carbocycles. The molecule has 0 saturated heterocycles. The van der Waals surface area contributed by atoms with Crippen LogP contribution in [0.1, 0.15) is 31.4 Å². The Hall–Kier alpha value is -0.940. The molecule has 0 aromatic carbocycles. The number of halogens is 1. The quantitative estimate of drug-likeness (QED) is 0.757. The van der Waals surface area contributed by atoms with E-state index in [4.69, 9.17) is 0 Å². The first-order chi connectivity index (χ1) is 8.74. The van der Waals surface area contributed by atoms with Crippen LogP contribution in [0.2, 0.25) is 0 Å². The van der Waals surface area contributed by atoms with Crippen LogP contribution in [0.4, 0.5) is 0 Å². The van der Waals surface area contributed by atoms with E-state index in [-0.39, 0.29) is 5.91 Å². The maximum Gasteiger partial charge on any atom is 0.220 e. The van der Waals surface area contributed by atoms with Crippen LogP contribution in [-0.2, 0) is 11.3 Å². The van der Waals surface area contributed by atoms with Crippen molar-refractivity contribution in [2.45, 2.75) is 38.3 Å². The smallest absolute Gasteiger partial charge is 0.220 e. The van der Waals surface area contributed by atoms with Crippen molar-refractivity contribution in [2.24, 2.45) is 0 Å². The van der Waals surface area contributed by atoms with Gasteiger partial charge in [0.2, 0.25) is 5.91 Å². The molecule has 0 spiro atoms. The number of carbonyl (C=O) groups is 1. The third-order valence-electron chi connectivity index (χ3n) is 2.79. The molecular weight excluding hydrogens is 294 g/mol. The number of amides is 1. The highest BCUT2D eigenvalue weighted by Gasteiger charge is 2.22. The Labute approximate surface area is 116 Å². The largest absolute Gasteiger partial charge is 0.353 e. The minimum absolute atomic E-state index is 0.182. The van der Waals surface area contributed by atoms with Crippen molar-refractivity contribution in [1.82, 2.24) is 15.6 Å². The standard InChI is InChI=1S/C13H18BrN3O/c14-10-3-4-12(16-8-10)9-15-7-1-2-13(18)17-11-5-6-11/h3-4,8,11,15H,1-2,5-7,9H2,(H,17,18). The van der Waals surface area contributed by atoms with Crippen LogP contribution in [-0.4, -0.2) is 23.5 Å². The van der Waals surface area contributed by atoms with Crippen LogP contribution in [0.3, 0.4) is 0 Å². The van der Waals surface area contributed by atoms with Gasteiger partial charge in [-0.15, -0.1) is 0 Å². The highest BCUT2D eigenvalue weighted by molar-refractivity contribution is 9.10. The topological polar surface area (TPSA) is 54.0 Å². The Morgan fingerprint density at radius 2 is 2.28 bits per heavy atom. The van der Waals surface area contributed by atoms with Crippen LogP contribution in [0.15, 0.2) is 22.8 Å². The minimum atomic E-state index is 0.182. The summed E-state index contributed by atoms with van der Waals surface area (Å²) in [6.45, 7) is 1.59. The molecule has 1 aliphatic carbocycles. The van der Waals surface area contributed by atoms with Gasteiger partial charge in [0.1, 0.15) is 0 Å². The Bertz CT molecular complexity index is 390. The van der Waals surface area contributed by atoms with Gasteiger partial charge in [0.25, 0.3) is 0 Å². The van der Waals surface area contributed by atoms with E-state index >= 15 is 0 Å². The van der Waals surface area contributed by atoms with E-state index in [1.807, 2.05) is 12.1 Å². The first-order valence-electron chi connectivity index (χ1n) is 6.34. The highest BCUT2D eigenvalue weighted by Crippen LogP contribution is 2.18. The Balaban J connectivity index is 1.52. The summed E-state index contributed by atoms with van der Waals surface area (Å²) in [6, 6.07) is 4.43. The summed E-state index contributed by atoms with van der Waals surface area (Å²) in [5, 5.41) is 6.27. The molecule has 0 bridgehead atoms. The average Bonchev–Trinajstić information content (AvgIpc) is 3.15. The maximum atomic E-state index is 11.4. The van der Waals surface area contributed by atoms with Crippen LogP contribution in [0.5, 0.6) is 0 Å². The van der Waals surface area contributed by atoms with E-state index in [9.17, 15) is 4.79 Å². The molecule has 5 heteroatoms. The van der Waals surface area contributed by atoms with Crippen LogP contribution >= 0.6 is 15.9 Å². The number of hydrogen-bond donors (Lipinski definition) is 2. The highest BCUT2D eigenvalue weighted by atomic mass is 79.9. The number of rotatable bonds is 7. The Morgan fingerprint density at radius 3 is 2.94 bits per heavy atom. The lowest BCUT2D eigenvalue weighted by molar-refractivity contribution is -0.121. The Kier molecular flexibility index (Phi) is 5.13. The molecular formula is C13H18BrN3O. The van der Waals surface area contributed by atoms with Gasteiger partial charge in [-0.2, -0.15) is 0 Å². The zero-order chi connectivity index (χ0) is 12.8. The number of aromatic nitrogens is 1. The fourth-order valence-electron chi connectivity index (χ4n) is 1.63. The summed E-state index contributed by atoms with van der Waals surface area (Å²) in [4.78, 5) is 15.7. The second kappa shape index (κ2) is 6.85. The molecule has 1 fully saturated rings. The van der Waals surface area contributed by atoms with Crippen molar-refractivity contribution in [1.29, 1.82) is 0 Å². The predicted molar refractivity (Wildman–Crippen MR) is 74.0 cm³/mol. The summed E-state index contributed by atoms with van der Waals surface area (Å²) in [7, 11) is 0. The van der Waals surface area contributed by atoms with Crippen LogP contribution in [0, 0.1) is 0 Å². The van der Waals surface area contributed by atoms with Gasteiger partial charge < -0.3 is 10.6 Å². The Morgan fingerprint density at radius 1 is 1.44 bits per heavy atom. The number of hydrogen-bond acceptors (Lipinski definition) is 3. The van der Waals surface area contributed by atoms with E-state index in [2.05, 4.69) is 31.5 Å².